The second-order valence-electron chi connectivity index (χ2n) is 5.56. The summed E-state index contributed by atoms with van der Waals surface area (Å²) in [6, 6.07) is 4.65. The standard InChI is InChI=1S/C15H14F3N7O/c16-15(17,18)11-3-1-10(2-4-11)9-20-23-13(26)14(5-7-19-8-6-14)12-21-24-25-22-12/h1-5,7-8,20H,6,9H2,(H,23,26)(H,21,22,24,25). The highest BCUT2D eigenvalue weighted by Gasteiger charge is 2.42. The van der Waals surface area contributed by atoms with Crippen molar-refractivity contribution in [2.45, 2.75) is 24.6 Å². The molecule has 1 amide bonds. The maximum absolute atomic E-state index is 12.6. The van der Waals surface area contributed by atoms with Crippen LogP contribution in [0, 0.1) is 0 Å². The molecule has 0 spiro atoms. The summed E-state index contributed by atoms with van der Waals surface area (Å²) in [5, 5.41) is 13.5. The summed E-state index contributed by atoms with van der Waals surface area (Å²) in [5.41, 5.74) is 3.91. The summed E-state index contributed by atoms with van der Waals surface area (Å²) < 4.78 is 37.7. The highest BCUT2D eigenvalue weighted by atomic mass is 19.4. The number of hydrogen-bond acceptors (Lipinski definition) is 6. The first kappa shape index (κ1) is 17.7. The number of hydrazine groups is 1. The molecule has 1 atom stereocenters. The van der Waals surface area contributed by atoms with E-state index in [1.54, 1.807) is 12.3 Å². The summed E-state index contributed by atoms with van der Waals surface area (Å²) >= 11 is 0. The summed E-state index contributed by atoms with van der Waals surface area (Å²) in [6.45, 7) is 0.143. The van der Waals surface area contributed by atoms with Gasteiger partial charge >= 0.3 is 6.18 Å². The van der Waals surface area contributed by atoms with Gasteiger partial charge in [-0.05, 0) is 23.8 Å². The maximum Gasteiger partial charge on any atom is 0.416 e. The lowest BCUT2D eigenvalue weighted by molar-refractivity contribution is -0.137. The van der Waals surface area contributed by atoms with Gasteiger partial charge in [-0.2, -0.15) is 18.4 Å². The molecule has 1 unspecified atom stereocenters. The van der Waals surface area contributed by atoms with Crippen LogP contribution in [-0.2, 0) is 22.9 Å². The molecule has 0 fully saturated rings. The van der Waals surface area contributed by atoms with Crippen molar-refractivity contribution in [1.82, 2.24) is 31.5 Å². The van der Waals surface area contributed by atoms with Crippen LogP contribution < -0.4 is 10.9 Å². The number of alkyl halides is 3. The number of amides is 1. The van der Waals surface area contributed by atoms with Crippen molar-refractivity contribution in [3.05, 3.63) is 53.5 Å². The molecule has 0 saturated heterocycles. The van der Waals surface area contributed by atoms with E-state index in [4.69, 9.17) is 0 Å². The Balaban J connectivity index is 1.63. The number of hydrogen-bond donors (Lipinski definition) is 3. The van der Waals surface area contributed by atoms with Gasteiger partial charge in [0.05, 0.1) is 5.56 Å². The van der Waals surface area contributed by atoms with Crippen molar-refractivity contribution >= 4 is 12.1 Å². The zero-order valence-corrected chi connectivity index (χ0v) is 13.3. The number of aromatic amines is 1. The average molecular weight is 365 g/mol. The third-order valence-corrected chi connectivity index (χ3v) is 3.89. The molecular weight excluding hydrogens is 351 g/mol. The molecule has 0 bridgehead atoms. The monoisotopic (exact) mass is 365 g/mol. The summed E-state index contributed by atoms with van der Waals surface area (Å²) in [5.74, 6) is -0.248. The van der Waals surface area contributed by atoms with Crippen LogP contribution >= 0.6 is 0 Å². The quantitative estimate of drug-likeness (QED) is 0.692. The predicted molar refractivity (Wildman–Crippen MR) is 84.5 cm³/mol. The molecule has 0 aliphatic carbocycles. The van der Waals surface area contributed by atoms with Crippen molar-refractivity contribution in [2.24, 2.45) is 4.99 Å². The van der Waals surface area contributed by atoms with Crippen LogP contribution in [0.5, 0.6) is 0 Å². The number of rotatable bonds is 5. The van der Waals surface area contributed by atoms with Gasteiger partial charge in [0.15, 0.2) is 5.82 Å². The molecule has 3 N–H and O–H groups in total. The Kier molecular flexibility index (Phi) is 4.80. The second kappa shape index (κ2) is 7.04. The Morgan fingerprint density at radius 3 is 2.62 bits per heavy atom. The maximum atomic E-state index is 12.6. The van der Waals surface area contributed by atoms with E-state index in [2.05, 4.69) is 36.5 Å². The van der Waals surface area contributed by atoms with Gasteiger partial charge in [-0.15, -0.1) is 10.2 Å². The lowest BCUT2D eigenvalue weighted by Gasteiger charge is -2.25. The van der Waals surface area contributed by atoms with Crippen LogP contribution in [-0.4, -0.2) is 32.7 Å². The Morgan fingerprint density at radius 2 is 2.04 bits per heavy atom. The van der Waals surface area contributed by atoms with Crippen LogP contribution in [0.4, 0.5) is 13.2 Å². The van der Waals surface area contributed by atoms with Crippen molar-refractivity contribution in [3.63, 3.8) is 0 Å². The number of tetrazole rings is 1. The van der Waals surface area contributed by atoms with Gasteiger partial charge in [-0.3, -0.25) is 15.2 Å². The number of halogens is 3. The SMILES string of the molecule is O=C(NNCc1ccc(C(F)(F)F)cc1)C1(c2nn[nH]n2)C=CN=CC1. The lowest BCUT2D eigenvalue weighted by Crippen LogP contribution is -2.50. The van der Waals surface area contributed by atoms with Gasteiger partial charge in [-0.25, -0.2) is 5.43 Å². The summed E-state index contributed by atoms with van der Waals surface area (Å²) in [6.07, 6.45) is 0.455. The fraction of sp³-hybridized carbons (Fsp3) is 0.267. The molecule has 2 aromatic rings. The van der Waals surface area contributed by atoms with Gasteiger partial charge < -0.3 is 0 Å². The first-order valence-electron chi connectivity index (χ1n) is 7.54. The minimum atomic E-state index is -4.38. The van der Waals surface area contributed by atoms with Gasteiger partial charge in [0, 0.05) is 25.4 Å². The molecule has 26 heavy (non-hydrogen) atoms. The van der Waals surface area contributed by atoms with E-state index in [0.717, 1.165) is 12.1 Å². The summed E-state index contributed by atoms with van der Waals surface area (Å²) in [4.78, 5) is 16.6. The molecule has 136 valence electrons. The van der Waals surface area contributed by atoms with Gasteiger partial charge in [0.2, 0.25) is 0 Å². The molecular formula is C15H14F3N7O. The molecule has 8 nitrogen and oxygen atoms in total. The van der Waals surface area contributed by atoms with Crippen LogP contribution in [0.15, 0.2) is 41.5 Å². The minimum Gasteiger partial charge on any atom is -0.290 e. The highest BCUT2D eigenvalue weighted by molar-refractivity contribution is 5.92. The number of benzene rings is 1. The van der Waals surface area contributed by atoms with Crippen LogP contribution in [0.2, 0.25) is 0 Å². The first-order valence-corrected chi connectivity index (χ1v) is 7.54. The molecule has 0 radical (unpaired) electrons. The second-order valence-corrected chi connectivity index (χ2v) is 5.56. The highest BCUT2D eigenvalue weighted by Crippen LogP contribution is 2.29. The average Bonchev–Trinajstić information content (AvgIpc) is 3.17. The van der Waals surface area contributed by atoms with Crippen LogP contribution in [0.25, 0.3) is 0 Å². The molecule has 1 aliphatic heterocycles. The first-order chi connectivity index (χ1) is 12.4. The van der Waals surface area contributed by atoms with Gasteiger partial charge in [0.1, 0.15) is 5.41 Å². The van der Waals surface area contributed by atoms with Crippen molar-refractivity contribution < 1.29 is 18.0 Å². The zero-order valence-electron chi connectivity index (χ0n) is 13.3. The summed E-state index contributed by atoms with van der Waals surface area (Å²) in [7, 11) is 0. The topological polar surface area (TPSA) is 108 Å². The van der Waals surface area contributed by atoms with E-state index in [-0.39, 0.29) is 18.8 Å². The largest absolute Gasteiger partial charge is 0.416 e. The molecule has 1 aromatic carbocycles. The number of H-pyrrole nitrogens is 1. The van der Waals surface area contributed by atoms with E-state index in [1.807, 2.05) is 0 Å². The number of aliphatic imine (C=N–C) groups is 1. The molecule has 1 aromatic heterocycles. The van der Waals surface area contributed by atoms with Crippen LogP contribution in [0.3, 0.4) is 0 Å². The van der Waals surface area contributed by atoms with E-state index in [0.29, 0.717) is 5.56 Å². The van der Waals surface area contributed by atoms with E-state index in [9.17, 15) is 18.0 Å². The van der Waals surface area contributed by atoms with Crippen LogP contribution in [0.1, 0.15) is 23.4 Å². The fourth-order valence-electron chi connectivity index (χ4n) is 2.43. The third kappa shape index (κ3) is 3.61. The van der Waals surface area contributed by atoms with Crippen molar-refractivity contribution in [1.29, 1.82) is 0 Å². The number of carbonyl (C=O) groups excluding carboxylic acids is 1. The Hall–Kier alpha value is -3.08. The van der Waals surface area contributed by atoms with Crippen molar-refractivity contribution in [3.8, 4) is 0 Å². The smallest absolute Gasteiger partial charge is 0.290 e. The minimum absolute atomic E-state index is 0.143. The van der Waals surface area contributed by atoms with Crippen molar-refractivity contribution in [2.75, 3.05) is 0 Å². The van der Waals surface area contributed by atoms with E-state index < -0.39 is 23.1 Å². The number of carbonyl (C=O) groups is 1. The van der Waals surface area contributed by atoms with E-state index in [1.165, 1.54) is 18.3 Å². The zero-order chi connectivity index (χ0) is 18.6. The number of aromatic nitrogens is 4. The molecule has 0 saturated carbocycles. The Morgan fingerprint density at radius 1 is 1.27 bits per heavy atom. The predicted octanol–water partition coefficient (Wildman–Crippen LogP) is 1.27. The number of nitrogens with zero attached hydrogens (tertiary/aromatic N) is 4. The Bertz CT molecular complexity index is 815. The normalized spacial score (nSPS) is 19.5. The van der Waals surface area contributed by atoms with E-state index >= 15 is 0 Å². The third-order valence-electron chi connectivity index (χ3n) is 3.89. The Labute approximate surface area is 145 Å². The lowest BCUT2D eigenvalue weighted by atomic mass is 9.82. The number of nitrogens with one attached hydrogen (secondary N) is 3. The molecule has 3 rings (SSSR count). The molecule has 1 aliphatic rings. The van der Waals surface area contributed by atoms with Gasteiger partial charge in [0.25, 0.3) is 5.91 Å². The molecule has 2 heterocycles. The van der Waals surface area contributed by atoms with Gasteiger partial charge in [-0.1, -0.05) is 17.3 Å². The molecule has 11 heteroatoms. The fourth-order valence-corrected chi connectivity index (χ4v) is 2.43.